The van der Waals surface area contributed by atoms with Crippen molar-refractivity contribution in [1.82, 2.24) is 15.1 Å². The summed E-state index contributed by atoms with van der Waals surface area (Å²) in [5.41, 5.74) is 3.12. The average Bonchev–Trinajstić information content (AvgIpc) is 2.96. The van der Waals surface area contributed by atoms with Crippen LogP contribution in [-0.4, -0.2) is 33.3 Å². The molecule has 0 spiro atoms. The SMILES string of the molecule is C=Cc1ccc(-c2n[nH]c3c2CN(C(=O)OC(C)(C)C)CC3)cc1F. The quantitative estimate of drug-likeness (QED) is 0.891. The third-order valence-corrected chi connectivity index (χ3v) is 4.08. The molecule has 6 heteroatoms. The van der Waals surface area contributed by atoms with Gasteiger partial charge in [0.25, 0.3) is 0 Å². The maximum atomic E-state index is 14.1. The van der Waals surface area contributed by atoms with E-state index in [-0.39, 0.29) is 11.9 Å². The lowest BCUT2D eigenvalue weighted by Crippen LogP contribution is -2.39. The molecular weight excluding hydrogens is 321 g/mol. The van der Waals surface area contributed by atoms with E-state index in [9.17, 15) is 9.18 Å². The first-order chi connectivity index (χ1) is 11.8. The van der Waals surface area contributed by atoms with Crippen molar-refractivity contribution in [1.29, 1.82) is 0 Å². The van der Waals surface area contributed by atoms with Crippen molar-refractivity contribution in [3.63, 3.8) is 0 Å². The Balaban J connectivity index is 1.88. The van der Waals surface area contributed by atoms with Crippen LogP contribution in [0.1, 0.15) is 37.6 Å². The second-order valence-electron chi connectivity index (χ2n) is 7.12. The Morgan fingerprint density at radius 1 is 1.44 bits per heavy atom. The van der Waals surface area contributed by atoms with Crippen molar-refractivity contribution in [2.75, 3.05) is 6.54 Å². The van der Waals surface area contributed by atoms with E-state index in [1.54, 1.807) is 11.0 Å². The Bertz CT molecular complexity index is 821. The maximum absolute atomic E-state index is 14.1. The number of H-pyrrole nitrogens is 1. The molecule has 1 N–H and O–H groups in total. The van der Waals surface area contributed by atoms with Gasteiger partial charge in [-0.3, -0.25) is 5.10 Å². The predicted molar refractivity (Wildman–Crippen MR) is 94.4 cm³/mol. The topological polar surface area (TPSA) is 58.2 Å². The van der Waals surface area contributed by atoms with Gasteiger partial charge in [-0.15, -0.1) is 0 Å². The normalized spacial score (nSPS) is 14.2. The Morgan fingerprint density at radius 2 is 2.20 bits per heavy atom. The molecule has 0 saturated heterocycles. The summed E-state index contributed by atoms with van der Waals surface area (Å²) in [5.74, 6) is -0.343. The largest absolute Gasteiger partial charge is 0.444 e. The molecule has 1 aliphatic rings. The van der Waals surface area contributed by atoms with Crippen LogP contribution in [0.25, 0.3) is 17.3 Å². The second-order valence-corrected chi connectivity index (χ2v) is 7.12. The number of hydrogen-bond donors (Lipinski definition) is 1. The van der Waals surface area contributed by atoms with Crippen LogP contribution in [0, 0.1) is 5.82 Å². The number of amides is 1. The molecule has 1 aliphatic heterocycles. The first-order valence-electron chi connectivity index (χ1n) is 8.25. The minimum Gasteiger partial charge on any atom is -0.444 e. The van der Waals surface area contributed by atoms with Gasteiger partial charge in [0.05, 0.1) is 12.2 Å². The van der Waals surface area contributed by atoms with Crippen LogP contribution in [0.4, 0.5) is 9.18 Å². The molecule has 1 aromatic carbocycles. The molecule has 0 fully saturated rings. The zero-order chi connectivity index (χ0) is 18.2. The summed E-state index contributed by atoms with van der Waals surface area (Å²) in [7, 11) is 0. The summed E-state index contributed by atoms with van der Waals surface area (Å²) >= 11 is 0. The molecule has 0 radical (unpaired) electrons. The van der Waals surface area contributed by atoms with Crippen molar-refractivity contribution in [2.45, 2.75) is 39.3 Å². The molecule has 0 aliphatic carbocycles. The van der Waals surface area contributed by atoms with Crippen LogP contribution in [0.2, 0.25) is 0 Å². The van der Waals surface area contributed by atoms with E-state index in [1.807, 2.05) is 26.8 Å². The van der Waals surface area contributed by atoms with Crippen LogP contribution in [0.5, 0.6) is 0 Å². The van der Waals surface area contributed by atoms with Crippen LogP contribution < -0.4 is 0 Å². The predicted octanol–water partition coefficient (Wildman–Crippen LogP) is 4.15. The van der Waals surface area contributed by atoms with Gasteiger partial charge in [0, 0.05) is 35.3 Å². The van der Waals surface area contributed by atoms with E-state index in [0.717, 1.165) is 11.3 Å². The van der Waals surface area contributed by atoms with Crippen molar-refractivity contribution in [2.24, 2.45) is 0 Å². The first kappa shape index (κ1) is 17.2. The Kier molecular flexibility index (Phi) is 4.37. The zero-order valence-electron chi connectivity index (χ0n) is 14.7. The van der Waals surface area contributed by atoms with Gasteiger partial charge < -0.3 is 9.64 Å². The molecule has 132 valence electrons. The highest BCUT2D eigenvalue weighted by molar-refractivity contribution is 5.71. The Morgan fingerprint density at radius 3 is 2.84 bits per heavy atom. The van der Waals surface area contributed by atoms with Crippen LogP contribution >= 0.6 is 0 Å². The van der Waals surface area contributed by atoms with Gasteiger partial charge in [-0.25, -0.2) is 9.18 Å². The summed E-state index contributed by atoms with van der Waals surface area (Å²) < 4.78 is 19.5. The molecule has 1 amide bonds. The summed E-state index contributed by atoms with van der Waals surface area (Å²) in [6.45, 7) is 10.1. The van der Waals surface area contributed by atoms with Crippen LogP contribution in [-0.2, 0) is 17.7 Å². The van der Waals surface area contributed by atoms with E-state index < -0.39 is 5.60 Å². The van der Waals surface area contributed by atoms with E-state index in [2.05, 4.69) is 16.8 Å². The monoisotopic (exact) mass is 343 g/mol. The molecule has 0 saturated carbocycles. The lowest BCUT2D eigenvalue weighted by atomic mass is 10.00. The number of nitrogens with zero attached hydrogens (tertiary/aromatic N) is 2. The summed E-state index contributed by atoms with van der Waals surface area (Å²) in [6, 6.07) is 4.93. The van der Waals surface area contributed by atoms with Gasteiger partial charge in [-0.05, 0) is 26.8 Å². The highest BCUT2D eigenvalue weighted by atomic mass is 19.1. The number of fused-ring (bicyclic) bond motifs is 1. The summed E-state index contributed by atoms with van der Waals surface area (Å²) in [4.78, 5) is 14.0. The van der Waals surface area contributed by atoms with E-state index in [1.165, 1.54) is 12.1 Å². The van der Waals surface area contributed by atoms with Crippen LogP contribution in [0.15, 0.2) is 24.8 Å². The van der Waals surface area contributed by atoms with Gasteiger partial charge in [0.1, 0.15) is 11.4 Å². The number of aromatic amines is 1. The number of carbonyl (C=O) groups excluding carboxylic acids is 1. The van der Waals surface area contributed by atoms with E-state index in [4.69, 9.17) is 4.74 Å². The van der Waals surface area contributed by atoms with Crippen molar-refractivity contribution in [3.05, 3.63) is 47.4 Å². The zero-order valence-corrected chi connectivity index (χ0v) is 14.7. The minimum atomic E-state index is -0.541. The molecule has 1 aromatic heterocycles. The van der Waals surface area contributed by atoms with Crippen molar-refractivity contribution < 1.29 is 13.9 Å². The number of ether oxygens (including phenoxy) is 1. The van der Waals surface area contributed by atoms with Gasteiger partial charge in [0.15, 0.2) is 0 Å². The lowest BCUT2D eigenvalue weighted by Gasteiger charge is -2.30. The van der Waals surface area contributed by atoms with Gasteiger partial charge in [-0.2, -0.15) is 5.10 Å². The average molecular weight is 343 g/mol. The van der Waals surface area contributed by atoms with E-state index >= 15 is 0 Å². The standard InChI is InChI=1S/C19H22FN3O2/c1-5-12-6-7-13(10-15(12)20)17-14-11-23(9-8-16(14)21-22-17)18(24)25-19(2,3)4/h5-7,10H,1,8-9,11H2,2-4H3,(H,21,22). The lowest BCUT2D eigenvalue weighted by molar-refractivity contribution is 0.0224. The van der Waals surface area contributed by atoms with Gasteiger partial charge >= 0.3 is 6.09 Å². The molecule has 3 rings (SSSR count). The number of nitrogens with one attached hydrogen (secondary N) is 1. The van der Waals surface area contributed by atoms with Crippen molar-refractivity contribution in [3.8, 4) is 11.3 Å². The number of benzene rings is 1. The highest BCUT2D eigenvalue weighted by Gasteiger charge is 2.29. The molecule has 2 aromatic rings. The number of halogens is 1. The molecule has 2 heterocycles. The Hall–Kier alpha value is -2.63. The highest BCUT2D eigenvalue weighted by Crippen LogP contribution is 2.30. The van der Waals surface area contributed by atoms with E-state index in [0.29, 0.717) is 36.3 Å². The smallest absolute Gasteiger partial charge is 0.410 e. The summed E-state index contributed by atoms with van der Waals surface area (Å²) in [5, 5.41) is 7.35. The molecule has 5 nitrogen and oxygen atoms in total. The molecule has 0 unspecified atom stereocenters. The maximum Gasteiger partial charge on any atom is 0.410 e. The number of rotatable bonds is 2. The first-order valence-corrected chi connectivity index (χ1v) is 8.25. The number of carbonyl (C=O) groups is 1. The Labute approximate surface area is 146 Å². The summed E-state index contributed by atoms with van der Waals surface area (Å²) in [6.07, 6.45) is 1.79. The third kappa shape index (κ3) is 3.57. The third-order valence-electron chi connectivity index (χ3n) is 4.08. The fourth-order valence-corrected chi connectivity index (χ4v) is 2.86. The molecule has 25 heavy (non-hydrogen) atoms. The molecule has 0 atom stereocenters. The minimum absolute atomic E-state index is 0.343. The van der Waals surface area contributed by atoms with Crippen LogP contribution in [0.3, 0.4) is 0 Å². The van der Waals surface area contributed by atoms with Gasteiger partial charge in [0.2, 0.25) is 0 Å². The van der Waals surface area contributed by atoms with Crippen molar-refractivity contribution >= 4 is 12.2 Å². The number of hydrogen-bond acceptors (Lipinski definition) is 3. The molecular formula is C19H22FN3O2. The van der Waals surface area contributed by atoms with Gasteiger partial charge in [-0.1, -0.05) is 24.8 Å². The molecule has 0 bridgehead atoms. The second kappa shape index (κ2) is 6.35. The number of aromatic nitrogens is 2. The fourth-order valence-electron chi connectivity index (χ4n) is 2.86. The fraction of sp³-hybridized carbons (Fsp3) is 0.368.